The first-order chi connectivity index (χ1) is 16.3. The molecule has 1 aromatic heterocycles. The highest BCUT2D eigenvalue weighted by Gasteiger charge is 2.32. The molecule has 0 spiro atoms. The number of nitrogens with zero attached hydrogens (tertiary/aromatic N) is 3. The van der Waals surface area contributed by atoms with Gasteiger partial charge in [0.15, 0.2) is 5.76 Å². The molecule has 1 unspecified atom stereocenters. The van der Waals surface area contributed by atoms with Crippen LogP contribution in [-0.2, 0) is 27.8 Å². The number of benzene rings is 2. The van der Waals surface area contributed by atoms with Crippen molar-refractivity contribution in [2.75, 3.05) is 26.2 Å². The van der Waals surface area contributed by atoms with Crippen LogP contribution in [-0.4, -0.2) is 61.5 Å². The van der Waals surface area contributed by atoms with Gasteiger partial charge in [0.2, 0.25) is 15.9 Å². The van der Waals surface area contributed by atoms with Gasteiger partial charge in [0.05, 0.1) is 12.2 Å². The minimum atomic E-state index is -4.25. The standard InChI is InChI=1S/C24H27FN4O4S/c1-18-15-20(33-26-18)17-28-11-13-29(14-12-28)24(30)22(16-19-7-3-2-4-8-19)27-34(31,32)23-10-6-5-9-21(23)25/h2-10,15,22,27H,11-14,16-17H2,1H3. The first kappa shape index (κ1) is 24.1. The van der Waals surface area contributed by atoms with Crippen molar-refractivity contribution in [3.63, 3.8) is 0 Å². The average molecular weight is 487 g/mol. The van der Waals surface area contributed by atoms with Crippen LogP contribution in [0.25, 0.3) is 0 Å². The summed E-state index contributed by atoms with van der Waals surface area (Å²) in [4.78, 5) is 16.7. The maximum atomic E-state index is 14.2. The fourth-order valence-corrected chi connectivity index (χ4v) is 5.27. The molecular weight excluding hydrogens is 459 g/mol. The number of aryl methyl sites for hydroxylation is 1. The van der Waals surface area contributed by atoms with Crippen LogP contribution in [0.2, 0.25) is 0 Å². The fourth-order valence-electron chi connectivity index (χ4n) is 4.00. The van der Waals surface area contributed by atoms with Crippen LogP contribution in [0, 0.1) is 12.7 Å². The molecule has 8 nitrogen and oxygen atoms in total. The average Bonchev–Trinajstić information content (AvgIpc) is 3.24. The Morgan fingerprint density at radius 3 is 2.41 bits per heavy atom. The van der Waals surface area contributed by atoms with Gasteiger partial charge < -0.3 is 9.42 Å². The highest BCUT2D eigenvalue weighted by molar-refractivity contribution is 7.89. The number of hydrogen-bond donors (Lipinski definition) is 1. The zero-order valence-electron chi connectivity index (χ0n) is 18.9. The Morgan fingerprint density at radius 1 is 1.09 bits per heavy atom. The number of piperazine rings is 1. The van der Waals surface area contributed by atoms with E-state index in [4.69, 9.17) is 4.52 Å². The van der Waals surface area contributed by atoms with Crippen molar-refractivity contribution in [3.8, 4) is 0 Å². The molecule has 1 aliphatic heterocycles. The molecular formula is C24H27FN4O4S. The van der Waals surface area contributed by atoms with E-state index < -0.39 is 26.8 Å². The Kier molecular flexibility index (Phi) is 7.40. The summed E-state index contributed by atoms with van der Waals surface area (Å²) in [6.07, 6.45) is 0.158. The molecule has 180 valence electrons. The molecule has 3 aromatic rings. The zero-order valence-corrected chi connectivity index (χ0v) is 19.7. The number of hydrogen-bond acceptors (Lipinski definition) is 6. The van der Waals surface area contributed by atoms with Gasteiger partial charge in [-0.2, -0.15) is 4.72 Å². The highest BCUT2D eigenvalue weighted by Crippen LogP contribution is 2.17. The summed E-state index contributed by atoms with van der Waals surface area (Å²) in [5.74, 6) is -0.437. The van der Waals surface area contributed by atoms with E-state index in [-0.39, 0.29) is 12.3 Å². The van der Waals surface area contributed by atoms with Crippen molar-refractivity contribution in [3.05, 3.63) is 83.5 Å². The van der Waals surface area contributed by atoms with Crippen LogP contribution in [0.3, 0.4) is 0 Å². The molecule has 1 amide bonds. The zero-order chi connectivity index (χ0) is 24.1. The van der Waals surface area contributed by atoms with E-state index in [2.05, 4.69) is 14.8 Å². The molecule has 2 heterocycles. The predicted molar refractivity (Wildman–Crippen MR) is 124 cm³/mol. The molecule has 34 heavy (non-hydrogen) atoms. The van der Waals surface area contributed by atoms with Gasteiger partial charge in [0.25, 0.3) is 0 Å². The van der Waals surface area contributed by atoms with Gasteiger partial charge in [-0.25, -0.2) is 12.8 Å². The number of halogens is 1. The van der Waals surface area contributed by atoms with E-state index in [0.717, 1.165) is 23.1 Å². The Hall–Kier alpha value is -3.08. The second-order valence-corrected chi connectivity index (χ2v) is 10.0. The summed E-state index contributed by atoms with van der Waals surface area (Å²) in [5, 5.41) is 3.90. The molecule has 1 N–H and O–H groups in total. The second-order valence-electron chi connectivity index (χ2n) is 8.33. The lowest BCUT2D eigenvalue weighted by molar-refractivity contribution is -0.134. The van der Waals surface area contributed by atoms with Crippen LogP contribution in [0.5, 0.6) is 0 Å². The molecule has 10 heteroatoms. The predicted octanol–water partition coefficient (Wildman–Crippen LogP) is 2.36. The normalized spacial score (nSPS) is 15.9. The van der Waals surface area contributed by atoms with Gasteiger partial charge in [0.1, 0.15) is 16.8 Å². The van der Waals surface area contributed by atoms with Crippen molar-refractivity contribution in [1.82, 2.24) is 19.7 Å². The third kappa shape index (κ3) is 5.88. The summed E-state index contributed by atoms with van der Waals surface area (Å²) >= 11 is 0. The van der Waals surface area contributed by atoms with Crippen molar-refractivity contribution in [2.24, 2.45) is 0 Å². The molecule has 0 radical (unpaired) electrons. The number of carbonyl (C=O) groups is 1. The molecule has 0 saturated carbocycles. The molecule has 1 atom stereocenters. The van der Waals surface area contributed by atoms with E-state index in [9.17, 15) is 17.6 Å². The van der Waals surface area contributed by atoms with Crippen molar-refractivity contribution < 1.29 is 22.1 Å². The Balaban J connectivity index is 1.47. The fraction of sp³-hybridized carbons (Fsp3) is 0.333. The summed E-state index contributed by atoms with van der Waals surface area (Å²) < 4.78 is 47.8. The largest absolute Gasteiger partial charge is 0.360 e. The van der Waals surface area contributed by atoms with Gasteiger partial charge in [-0.3, -0.25) is 9.69 Å². The summed E-state index contributed by atoms with van der Waals surface area (Å²) in [7, 11) is -4.25. The minimum absolute atomic E-state index is 0.158. The number of aromatic nitrogens is 1. The van der Waals surface area contributed by atoms with Crippen LogP contribution in [0.1, 0.15) is 17.0 Å². The third-order valence-corrected chi connectivity index (χ3v) is 7.25. The Bertz CT molecular complexity index is 1220. The van der Waals surface area contributed by atoms with Crippen molar-refractivity contribution in [2.45, 2.75) is 30.8 Å². The first-order valence-electron chi connectivity index (χ1n) is 11.1. The lowest BCUT2D eigenvalue weighted by Gasteiger charge is -2.36. The molecule has 0 aliphatic carbocycles. The number of rotatable bonds is 8. The molecule has 2 aromatic carbocycles. The van der Waals surface area contributed by atoms with Crippen LogP contribution < -0.4 is 4.72 Å². The first-order valence-corrected chi connectivity index (χ1v) is 12.5. The van der Waals surface area contributed by atoms with E-state index in [1.54, 1.807) is 4.90 Å². The highest BCUT2D eigenvalue weighted by atomic mass is 32.2. The molecule has 4 rings (SSSR count). The van der Waals surface area contributed by atoms with E-state index in [0.29, 0.717) is 32.7 Å². The Morgan fingerprint density at radius 2 is 1.76 bits per heavy atom. The smallest absolute Gasteiger partial charge is 0.244 e. The molecule has 0 bridgehead atoms. The third-order valence-electron chi connectivity index (χ3n) is 5.74. The maximum absolute atomic E-state index is 14.2. The van der Waals surface area contributed by atoms with Crippen LogP contribution in [0.15, 0.2) is 70.1 Å². The molecule has 1 aliphatic rings. The SMILES string of the molecule is Cc1cc(CN2CCN(C(=O)C(Cc3ccccc3)NS(=O)(=O)c3ccccc3F)CC2)on1. The van der Waals surface area contributed by atoms with Crippen molar-refractivity contribution >= 4 is 15.9 Å². The maximum Gasteiger partial charge on any atom is 0.244 e. The minimum Gasteiger partial charge on any atom is -0.360 e. The summed E-state index contributed by atoms with van der Waals surface area (Å²) in [5.41, 5.74) is 1.62. The number of sulfonamides is 1. The lowest BCUT2D eigenvalue weighted by Crippen LogP contribution is -2.55. The topological polar surface area (TPSA) is 95.8 Å². The van der Waals surface area contributed by atoms with Gasteiger partial charge in [-0.1, -0.05) is 47.6 Å². The van der Waals surface area contributed by atoms with E-state index in [1.807, 2.05) is 43.3 Å². The van der Waals surface area contributed by atoms with Gasteiger partial charge in [-0.05, 0) is 31.0 Å². The summed E-state index contributed by atoms with van der Waals surface area (Å²) in [6.45, 7) is 4.57. The van der Waals surface area contributed by atoms with E-state index in [1.165, 1.54) is 18.2 Å². The summed E-state index contributed by atoms with van der Waals surface area (Å²) in [6, 6.07) is 15.1. The second kappa shape index (κ2) is 10.5. The van der Waals surface area contributed by atoms with E-state index >= 15 is 0 Å². The molecule has 1 saturated heterocycles. The lowest BCUT2D eigenvalue weighted by atomic mass is 10.1. The number of nitrogens with one attached hydrogen (secondary N) is 1. The number of amides is 1. The van der Waals surface area contributed by atoms with Gasteiger partial charge in [0, 0.05) is 32.2 Å². The van der Waals surface area contributed by atoms with Gasteiger partial charge >= 0.3 is 0 Å². The molecule has 1 fully saturated rings. The van der Waals surface area contributed by atoms with Crippen LogP contribution in [0.4, 0.5) is 4.39 Å². The quantitative estimate of drug-likeness (QED) is 0.525. The van der Waals surface area contributed by atoms with Gasteiger partial charge in [-0.15, -0.1) is 0 Å². The van der Waals surface area contributed by atoms with Crippen molar-refractivity contribution in [1.29, 1.82) is 0 Å². The monoisotopic (exact) mass is 486 g/mol. The Labute approximate surface area is 198 Å². The van der Waals surface area contributed by atoms with Crippen LogP contribution >= 0.6 is 0 Å². The number of carbonyl (C=O) groups excluding carboxylic acids is 1.